The van der Waals surface area contributed by atoms with E-state index in [4.69, 9.17) is 19.7 Å². The van der Waals surface area contributed by atoms with Gasteiger partial charge in [0, 0.05) is 52.9 Å². The maximum Gasteiger partial charge on any atom is 2.00 e. The Morgan fingerprint density at radius 2 is 1.03 bits per heavy atom. The molecular weight excluding hydrogens is 918 g/mol. The van der Waals surface area contributed by atoms with Crippen LogP contribution >= 0.6 is 0 Å². The van der Waals surface area contributed by atoms with Gasteiger partial charge in [-0.15, -0.1) is 12.1 Å². The second-order valence-corrected chi connectivity index (χ2v) is 17.1. The predicted molar refractivity (Wildman–Crippen MR) is 243 cm³/mol. The van der Waals surface area contributed by atoms with Crippen molar-refractivity contribution in [2.45, 2.75) is 79.1 Å². The molecule has 0 saturated heterocycles. The zero-order valence-corrected chi connectivity index (χ0v) is 37.5. The molecular formula is C53H47N5OPt. The quantitative estimate of drug-likeness (QED) is 0.112. The fourth-order valence-electron chi connectivity index (χ4n) is 9.29. The van der Waals surface area contributed by atoms with Crippen molar-refractivity contribution >= 4 is 54.8 Å². The molecule has 0 fully saturated rings. The zero-order valence-electron chi connectivity index (χ0n) is 35.2. The summed E-state index contributed by atoms with van der Waals surface area (Å²) in [4.78, 5) is 14.9. The number of rotatable bonds is 8. The third kappa shape index (κ3) is 6.22. The Morgan fingerprint density at radius 1 is 0.500 bits per heavy atom. The van der Waals surface area contributed by atoms with Gasteiger partial charge in [-0.2, -0.15) is 0 Å². The van der Waals surface area contributed by atoms with Gasteiger partial charge in [0.1, 0.15) is 5.65 Å². The van der Waals surface area contributed by atoms with Crippen molar-refractivity contribution < 1.29 is 25.8 Å². The van der Waals surface area contributed by atoms with Gasteiger partial charge in [0.15, 0.2) is 0 Å². The van der Waals surface area contributed by atoms with Crippen molar-refractivity contribution in [1.29, 1.82) is 0 Å². The third-order valence-electron chi connectivity index (χ3n) is 12.0. The normalized spacial score (nSPS) is 12.1. The summed E-state index contributed by atoms with van der Waals surface area (Å²) in [6.45, 7) is 18.1. The summed E-state index contributed by atoms with van der Waals surface area (Å²) in [6.07, 6.45) is 7.82. The van der Waals surface area contributed by atoms with Crippen molar-refractivity contribution in [2.24, 2.45) is 0 Å². The van der Waals surface area contributed by atoms with E-state index in [2.05, 4.69) is 155 Å². The van der Waals surface area contributed by atoms with E-state index in [1.807, 2.05) is 36.8 Å². The molecule has 0 unspecified atom stereocenters. The summed E-state index contributed by atoms with van der Waals surface area (Å²) in [5, 5.41) is 6.06. The molecule has 0 radical (unpaired) electrons. The molecule has 5 aromatic carbocycles. The summed E-state index contributed by atoms with van der Waals surface area (Å²) < 4.78 is 11.1. The number of ether oxygens (including phenoxy) is 1. The van der Waals surface area contributed by atoms with Crippen LogP contribution in [-0.4, -0.2) is 23.8 Å². The number of benzene rings is 5. The van der Waals surface area contributed by atoms with Crippen molar-refractivity contribution in [1.82, 2.24) is 23.8 Å². The largest absolute Gasteiger partial charge is 2.00 e. The molecule has 300 valence electrons. The summed E-state index contributed by atoms with van der Waals surface area (Å²) in [5.41, 5.74) is 13.8. The molecule has 10 rings (SSSR count). The third-order valence-corrected chi connectivity index (χ3v) is 12.0. The summed E-state index contributed by atoms with van der Waals surface area (Å²) in [7, 11) is 0. The zero-order chi connectivity index (χ0) is 40.7. The van der Waals surface area contributed by atoms with E-state index in [1.54, 1.807) is 0 Å². The van der Waals surface area contributed by atoms with Crippen LogP contribution in [0.15, 0.2) is 116 Å². The first kappa shape index (κ1) is 39.6. The molecule has 0 spiro atoms. The van der Waals surface area contributed by atoms with Gasteiger partial charge in [-0.1, -0.05) is 162 Å². The van der Waals surface area contributed by atoms with Crippen molar-refractivity contribution in [3.05, 3.63) is 150 Å². The monoisotopic (exact) mass is 964 g/mol. The maximum atomic E-state index is 6.66. The van der Waals surface area contributed by atoms with Gasteiger partial charge in [-0.3, -0.25) is 9.97 Å². The Morgan fingerprint density at radius 3 is 1.65 bits per heavy atom. The van der Waals surface area contributed by atoms with Crippen LogP contribution < -0.4 is 4.74 Å². The van der Waals surface area contributed by atoms with Gasteiger partial charge in [0.25, 0.3) is 0 Å². The standard InChI is InChI=1S/C53H47N5O.Pt/c1-30(2)36-13-9-14-37(31(3)4)48(36)44-18-11-17-42-40-22-20-34(27-45(40)51-55-25-26-57(51)50(42)44)59-35-21-23-41-43-19-12-24-54-52(43)58-47(29-56-53(58)46(41)28-35)49-38(32(5)6)15-10-16-39(49)33(7)8;/h9-26,29-33H,1-8H3;/q-2;+2. The molecule has 0 N–H and O–H groups in total. The average molecular weight is 965 g/mol. The fourth-order valence-corrected chi connectivity index (χ4v) is 9.29. The molecule has 0 aliphatic rings. The van der Waals surface area contributed by atoms with Crippen LogP contribution in [0.5, 0.6) is 11.5 Å². The van der Waals surface area contributed by atoms with Crippen molar-refractivity contribution in [3.8, 4) is 33.9 Å². The minimum absolute atomic E-state index is 0. The van der Waals surface area contributed by atoms with Crippen LogP contribution in [0, 0.1) is 12.1 Å². The second kappa shape index (κ2) is 15.3. The number of aromatic nitrogens is 5. The molecule has 0 amide bonds. The molecule has 5 aromatic heterocycles. The van der Waals surface area contributed by atoms with Gasteiger partial charge in [-0.05, 0) is 68.3 Å². The topological polar surface area (TPSA) is 56.7 Å². The average Bonchev–Trinajstić information content (AvgIpc) is 3.92. The van der Waals surface area contributed by atoms with Crippen molar-refractivity contribution in [2.75, 3.05) is 0 Å². The van der Waals surface area contributed by atoms with Gasteiger partial charge >= 0.3 is 21.1 Å². The Hall–Kier alpha value is -5.84. The summed E-state index contributed by atoms with van der Waals surface area (Å²) in [6, 6.07) is 39.7. The Kier molecular flexibility index (Phi) is 10.1. The van der Waals surface area contributed by atoms with Gasteiger partial charge in [-0.25, -0.2) is 4.98 Å². The molecule has 10 aromatic rings. The van der Waals surface area contributed by atoms with Crippen LogP contribution in [0.2, 0.25) is 0 Å². The first-order valence-electron chi connectivity index (χ1n) is 20.9. The summed E-state index contributed by atoms with van der Waals surface area (Å²) >= 11 is 0. The Bertz CT molecular complexity index is 3230. The van der Waals surface area contributed by atoms with E-state index in [9.17, 15) is 0 Å². The maximum absolute atomic E-state index is 6.66. The molecule has 5 heterocycles. The first-order chi connectivity index (χ1) is 28.6. The van der Waals surface area contributed by atoms with Crippen LogP contribution in [-0.2, 0) is 21.1 Å². The van der Waals surface area contributed by atoms with E-state index in [0.717, 1.165) is 60.5 Å². The number of nitrogens with zero attached hydrogens (tertiary/aromatic N) is 5. The van der Waals surface area contributed by atoms with Crippen molar-refractivity contribution in [3.63, 3.8) is 0 Å². The Labute approximate surface area is 365 Å². The number of pyridine rings is 3. The number of para-hydroxylation sites is 1. The van der Waals surface area contributed by atoms with E-state index in [1.165, 1.54) is 38.9 Å². The van der Waals surface area contributed by atoms with Crippen LogP contribution in [0.3, 0.4) is 0 Å². The minimum Gasteiger partial charge on any atom is -0.497 e. The van der Waals surface area contributed by atoms with E-state index in [0.29, 0.717) is 35.2 Å². The van der Waals surface area contributed by atoms with E-state index in [-0.39, 0.29) is 21.1 Å². The SMILES string of the molecule is CC(C)c1cccc(C(C)C)c1-c1cccc2c3ccc(Oc4[c-]c5c(cc4)c4cccnc4n4c(-c6c(C(C)C)cccc6C(C)C)cnc54)[c-]c3c3nccn3c12.[Pt+2]. The summed E-state index contributed by atoms with van der Waals surface area (Å²) in [5.74, 6) is 2.60. The number of fused-ring (bicyclic) bond motifs is 12. The van der Waals surface area contributed by atoms with Crippen LogP contribution in [0.1, 0.15) is 101 Å². The molecule has 6 nitrogen and oxygen atoms in total. The first-order valence-corrected chi connectivity index (χ1v) is 20.9. The van der Waals surface area contributed by atoms with E-state index < -0.39 is 0 Å². The number of imidazole rings is 2. The Balaban J connectivity index is 0.00000462. The molecule has 0 saturated carbocycles. The van der Waals surface area contributed by atoms with Gasteiger partial charge in [0.05, 0.1) is 17.0 Å². The molecule has 60 heavy (non-hydrogen) atoms. The molecule has 7 heteroatoms. The van der Waals surface area contributed by atoms with Gasteiger partial charge in [0.2, 0.25) is 0 Å². The van der Waals surface area contributed by atoms with Crippen LogP contribution in [0.4, 0.5) is 0 Å². The van der Waals surface area contributed by atoms with E-state index >= 15 is 0 Å². The molecule has 0 bridgehead atoms. The van der Waals surface area contributed by atoms with Crippen LogP contribution in [0.25, 0.3) is 77.2 Å². The fraction of sp³-hybridized carbons (Fsp3) is 0.226. The second-order valence-electron chi connectivity index (χ2n) is 17.1. The minimum atomic E-state index is 0. The predicted octanol–water partition coefficient (Wildman–Crippen LogP) is 14.2. The molecule has 0 atom stereocenters. The van der Waals surface area contributed by atoms with Gasteiger partial charge < -0.3 is 13.5 Å². The smallest absolute Gasteiger partial charge is 0.497 e. The number of hydrogen-bond acceptors (Lipinski definition) is 4. The molecule has 0 aliphatic heterocycles. The number of hydrogen-bond donors (Lipinski definition) is 0. The molecule has 0 aliphatic carbocycles.